The zero-order valence-electron chi connectivity index (χ0n) is 20.9. The Morgan fingerprint density at radius 1 is 1.18 bits per heavy atom. The van der Waals surface area contributed by atoms with E-state index in [1.807, 2.05) is 36.1 Å². The molecule has 1 amide bonds. The molecule has 0 saturated heterocycles. The minimum Gasteiger partial charge on any atom is -0.496 e. The first-order valence-electron chi connectivity index (χ1n) is 12.0. The van der Waals surface area contributed by atoms with E-state index in [-0.39, 0.29) is 11.8 Å². The van der Waals surface area contributed by atoms with Crippen molar-refractivity contribution in [2.45, 2.75) is 47.2 Å². The van der Waals surface area contributed by atoms with Gasteiger partial charge < -0.3 is 24.4 Å². The third kappa shape index (κ3) is 7.03. The lowest BCUT2D eigenvalue weighted by Crippen LogP contribution is -2.40. The number of hydrogen-bond donors (Lipinski definition) is 1. The zero-order chi connectivity index (χ0) is 24.7. The second-order valence-electron chi connectivity index (χ2n) is 9.42. The Morgan fingerprint density at radius 2 is 1.94 bits per heavy atom. The quantitative estimate of drug-likeness (QED) is 0.496. The Balaban J connectivity index is 1.66. The van der Waals surface area contributed by atoms with Gasteiger partial charge in [0.15, 0.2) is 11.5 Å². The molecule has 0 fully saturated rings. The van der Waals surface area contributed by atoms with Crippen LogP contribution < -0.4 is 19.5 Å². The van der Waals surface area contributed by atoms with Crippen molar-refractivity contribution in [3.63, 3.8) is 0 Å². The molecule has 0 aromatic heterocycles. The Morgan fingerprint density at radius 3 is 2.68 bits per heavy atom. The van der Waals surface area contributed by atoms with Gasteiger partial charge in [-0.25, -0.2) is 0 Å². The first-order chi connectivity index (χ1) is 16.3. The number of rotatable bonds is 10. The van der Waals surface area contributed by atoms with Crippen LogP contribution >= 0.6 is 11.6 Å². The number of nitrogens with zero attached hydrogens (tertiary/aromatic N) is 1. The zero-order valence-corrected chi connectivity index (χ0v) is 21.7. The number of aryl methyl sites for hydroxylation is 1. The molecule has 0 spiro atoms. The van der Waals surface area contributed by atoms with Crippen molar-refractivity contribution < 1.29 is 19.0 Å². The fourth-order valence-electron chi connectivity index (χ4n) is 4.14. The summed E-state index contributed by atoms with van der Waals surface area (Å²) in [6.07, 6.45) is 0.817. The van der Waals surface area contributed by atoms with Gasteiger partial charge in [0.2, 0.25) is 5.91 Å². The minimum absolute atomic E-state index is 0.112. The molecule has 7 heteroatoms. The van der Waals surface area contributed by atoms with E-state index in [9.17, 15) is 4.79 Å². The molecule has 1 atom stereocenters. The van der Waals surface area contributed by atoms with Crippen molar-refractivity contribution in [1.82, 2.24) is 10.2 Å². The predicted octanol–water partition coefficient (Wildman–Crippen LogP) is 5.23. The van der Waals surface area contributed by atoms with E-state index in [1.54, 1.807) is 7.11 Å². The van der Waals surface area contributed by atoms with Crippen molar-refractivity contribution in [3.05, 3.63) is 52.0 Å². The average molecular weight is 489 g/mol. The summed E-state index contributed by atoms with van der Waals surface area (Å²) in [7, 11) is 1.68. The maximum absolute atomic E-state index is 13.4. The number of hydrogen-bond acceptors (Lipinski definition) is 5. The van der Waals surface area contributed by atoms with E-state index in [4.69, 9.17) is 25.8 Å². The van der Waals surface area contributed by atoms with Crippen molar-refractivity contribution in [2.24, 2.45) is 11.8 Å². The molecule has 3 rings (SSSR count). The van der Waals surface area contributed by atoms with E-state index in [2.05, 4.69) is 32.2 Å². The Bertz CT molecular complexity index is 979. The number of fused-ring (bicyclic) bond motifs is 1. The summed E-state index contributed by atoms with van der Waals surface area (Å²) in [5.41, 5.74) is 3.20. The lowest BCUT2D eigenvalue weighted by Gasteiger charge is -2.28. The van der Waals surface area contributed by atoms with Gasteiger partial charge in [-0.05, 0) is 36.6 Å². The number of amides is 1. The average Bonchev–Trinajstić information content (AvgIpc) is 3.04. The van der Waals surface area contributed by atoms with Gasteiger partial charge >= 0.3 is 0 Å². The molecule has 2 aromatic carbocycles. The van der Waals surface area contributed by atoms with Crippen LogP contribution in [0.1, 0.15) is 43.9 Å². The number of ether oxygens (including phenoxy) is 3. The van der Waals surface area contributed by atoms with Gasteiger partial charge in [-0.2, -0.15) is 0 Å². The topological polar surface area (TPSA) is 60.0 Å². The number of methoxy groups -OCH3 is 1. The van der Waals surface area contributed by atoms with E-state index in [0.717, 1.165) is 23.3 Å². The van der Waals surface area contributed by atoms with E-state index >= 15 is 0 Å². The lowest BCUT2D eigenvalue weighted by atomic mass is 10.1. The molecule has 0 aliphatic carbocycles. The molecule has 186 valence electrons. The molecule has 1 N–H and O–H groups in total. The number of nitrogens with one attached hydrogen (secondary N) is 1. The Labute approximate surface area is 208 Å². The third-order valence-electron chi connectivity index (χ3n) is 5.76. The maximum Gasteiger partial charge on any atom is 0.226 e. The molecular formula is C27H37ClN2O4. The normalized spacial score (nSPS) is 14.0. The predicted molar refractivity (Wildman–Crippen MR) is 136 cm³/mol. The molecule has 1 heterocycles. The SMILES string of the molecule is COc1ccc(C)cc1CNCC(C)C(=O)N(Cc1cc(Cl)c2c(c1)OCCCO2)CC(C)C. The molecule has 6 nitrogen and oxygen atoms in total. The molecular weight excluding hydrogens is 452 g/mol. The molecule has 1 unspecified atom stereocenters. The van der Waals surface area contributed by atoms with Crippen LogP contribution in [0.4, 0.5) is 0 Å². The van der Waals surface area contributed by atoms with Crippen LogP contribution in [-0.4, -0.2) is 44.2 Å². The Kier molecular flexibility index (Phi) is 9.48. The Hall–Kier alpha value is -2.44. The highest BCUT2D eigenvalue weighted by atomic mass is 35.5. The minimum atomic E-state index is -0.176. The van der Waals surface area contributed by atoms with Crippen LogP contribution in [-0.2, 0) is 17.9 Å². The van der Waals surface area contributed by atoms with Crippen molar-refractivity contribution in [1.29, 1.82) is 0 Å². The molecule has 0 bridgehead atoms. The monoisotopic (exact) mass is 488 g/mol. The van der Waals surface area contributed by atoms with E-state index < -0.39 is 0 Å². The summed E-state index contributed by atoms with van der Waals surface area (Å²) in [6.45, 7) is 11.8. The lowest BCUT2D eigenvalue weighted by molar-refractivity contribution is -0.136. The van der Waals surface area contributed by atoms with Crippen molar-refractivity contribution in [3.8, 4) is 17.2 Å². The van der Waals surface area contributed by atoms with Crippen molar-refractivity contribution in [2.75, 3.05) is 33.4 Å². The van der Waals surface area contributed by atoms with Gasteiger partial charge in [0.25, 0.3) is 0 Å². The van der Waals surface area contributed by atoms with Gasteiger partial charge in [-0.15, -0.1) is 0 Å². The smallest absolute Gasteiger partial charge is 0.226 e. The highest BCUT2D eigenvalue weighted by Gasteiger charge is 2.23. The van der Waals surface area contributed by atoms with E-state index in [0.29, 0.717) is 61.8 Å². The molecule has 0 saturated carbocycles. The summed E-state index contributed by atoms with van der Waals surface area (Å²) < 4.78 is 17.0. The van der Waals surface area contributed by atoms with Crippen LogP contribution in [0.2, 0.25) is 5.02 Å². The van der Waals surface area contributed by atoms with Crippen LogP contribution in [0.15, 0.2) is 30.3 Å². The maximum atomic E-state index is 13.4. The van der Waals surface area contributed by atoms with Gasteiger partial charge in [-0.3, -0.25) is 4.79 Å². The van der Waals surface area contributed by atoms with E-state index in [1.165, 1.54) is 5.56 Å². The largest absolute Gasteiger partial charge is 0.496 e. The van der Waals surface area contributed by atoms with Gasteiger partial charge in [-0.1, -0.05) is 50.1 Å². The van der Waals surface area contributed by atoms with Crippen LogP contribution in [0.3, 0.4) is 0 Å². The molecule has 0 radical (unpaired) electrons. The standard InChI is InChI=1S/C27H37ClN2O4/c1-18(2)16-30(17-21-12-23(28)26-25(13-21)33-9-6-10-34-26)27(31)20(4)14-29-15-22-11-19(3)7-8-24(22)32-5/h7-8,11-13,18,20,29H,6,9-10,14-17H2,1-5H3. The van der Waals surface area contributed by atoms with Crippen LogP contribution in [0.25, 0.3) is 0 Å². The first kappa shape index (κ1) is 26.2. The molecule has 1 aliphatic rings. The fourth-order valence-corrected chi connectivity index (χ4v) is 4.42. The highest BCUT2D eigenvalue weighted by molar-refractivity contribution is 6.32. The summed E-state index contributed by atoms with van der Waals surface area (Å²) in [5.74, 6) is 2.37. The number of carbonyl (C=O) groups is 1. The van der Waals surface area contributed by atoms with Crippen LogP contribution in [0, 0.1) is 18.8 Å². The highest BCUT2D eigenvalue weighted by Crippen LogP contribution is 2.38. The van der Waals surface area contributed by atoms with Gasteiger partial charge in [0, 0.05) is 44.1 Å². The van der Waals surface area contributed by atoms with Gasteiger partial charge in [0.1, 0.15) is 5.75 Å². The molecule has 2 aromatic rings. The number of carbonyl (C=O) groups excluding carboxylic acids is 1. The fraction of sp³-hybridized carbons (Fsp3) is 0.519. The summed E-state index contributed by atoms with van der Waals surface area (Å²) in [6, 6.07) is 9.94. The molecule has 1 aliphatic heterocycles. The summed E-state index contributed by atoms with van der Waals surface area (Å²) >= 11 is 6.49. The summed E-state index contributed by atoms with van der Waals surface area (Å²) in [4.78, 5) is 15.3. The van der Waals surface area contributed by atoms with Crippen molar-refractivity contribution >= 4 is 17.5 Å². The summed E-state index contributed by atoms with van der Waals surface area (Å²) in [5, 5.41) is 3.95. The number of halogens is 1. The van der Waals surface area contributed by atoms with Crippen LogP contribution in [0.5, 0.6) is 17.2 Å². The number of benzene rings is 2. The first-order valence-corrected chi connectivity index (χ1v) is 12.4. The van der Waals surface area contributed by atoms with Gasteiger partial charge in [0.05, 0.1) is 25.3 Å². The second kappa shape index (κ2) is 12.3. The second-order valence-corrected chi connectivity index (χ2v) is 9.82. The third-order valence-corrected chi connectivity index (χ3v) is 6.04. The molecule has 34 heavy (non-hydrogen) atoms.